The number of carbonyl (C=O) groups is 1. The predicted octanol–water partition coefficient (Wildman–Crippen LogP) is 9.78. The van der Waals surface area contributed by atoms with Gasteiger partial charge in [-0.25, -0.2) is 0 Å². The molecule has 1 atom stereocenters. The molecular weight excluding hydrogens is 492 g/mol. The molecule has 0 heterocycles. The molecule has 0 saturated heterocycles. The molecule has 0 bridgehead atoms. The summed E-state index contributed by atoms with van der Waals surface area (Å²) in [5.41, 5.74) is 0. The van der Waals surface area contributed by atoms with Crippen molar-refractivity contribution in [1.29, 1.82) is 0 Å². The van der Waals surface area contributed by atoms with Crippen molar-refractivity contribution in [2.24, 2.45) is 0 Å². The molecule has 0 aromatic heterocycles. The number of rotatable bonds is 21. The molecule has 2 aromatic carbocycles. The average molecular weight is 551 g/mol. The Labute approximate surface area is 242 Å². The zero-order valence-corrected chi connectivity index (χ0v) is 27.0. The monoisotopic (exact) mass is 550 g/mol. The lowest BCUT2D eigenvalue weighted by Crippen LogP contribution is -2.67. The van der Waals surface area contributed by atoms with Gasteiger partial charge >= 0.3 is 0 Å². The molecule has 2 aromatic rings. The van der Waals surface area contributed by atoms with Gasteiger partial charge in [0, 0.05) is 12.5 Å². The summed E-state index contributed by atoms with van der Waals surface area (Å²) in [5.74, 6) is 0.323. The van der Waals surface area contributed by atoms with Gasteiger partial charge in [0.15, 0.2) is 0 Å². The number of unbranched alkanes of at least 4 members (excludes halogenated alkanes) is 11. The topological polar surface area (TPSA) is 26.3 Å². The van der Waals surface area contributed by atoms with Gasteiger partial charge in [-0.1, -0.05) is 165 Å². The van der Waals surface area contributed by atoms with E-state index in [-0.39, 0.29) is 5.04 Å². The second-order valence-electron chi connectivity index (χ2n) is 12.7. The largest absolute Gasteiger partial charge is 0.404 e. The van der Waals surface area contributed by atoms with E-state index in [1.165, 1.54) is 87.4 Å². The van der Waals surface area contributed by atoms with Crippen molar-refractivity contribution in [3.05, 3.63) is 60.7 Å². The van der Waals surface area contributed by atoms with Gasteiger partial charge in [-0.3, -0.25) is 0 Å². The zero-order chi connectivity index (χ0) is 28.4. The van der Waals surface area contributed by atoms with Gasteiger partial charge in [0.05, 0.1) is 0 Å². The van der Waals surface area contributed by atoms with Crippen LogP contribution in [-0.4, -0.2) is 20.2 Å². The molecule has 0 radical (unpaired) electrons. The van der Waals surface area contributed by atoms with E-state index in [9.17, 15) is 4.79 Å². The summed E-state index contributed by atoms with van der Waals surface area (Å²) in [5, 5.41) is 2.79. The fourth-order valence-corrected chi connectivity index (χ4v) is 10.7. The highest BCUT2D eigenvalue weighted by molar-refractivity contribution is 6.99. The van der Waals surface area contributed by atoms with Crippen LogP contribution in [0.15, 0.2) is 60.7 Å². The Hall–Kier alpha value is -1.71. The zero-order valence-electron chi connectivity index (χ0n) is 26.0. The van der Waals surface area contributed by atoms with Crippen LogP contribution in [0.25, 0.3) is 0 Å². The Bertz CT molecular complexity index is 848. The highest BCUT2D eigenvalue weighted by Gasteiger charge is 2.51. The van der Waals surface area contributed by atoms with Crippen LogP contribution in [0.2, 0.25) is 5.04 Å². The average Bonchev–Trinajstić information content (AvgIpc) is 2.92. The lowest BCUT2D eigenvalue weighted by Gasteiger charge is -2.45. The van der Waals surface area contributed by atoms with Gasteiger partial charge in [0.1, 0.15) is 5.78 Å². The Balaban J connectivity index is 2.15. The molecule has 0 aliphatic rings. The van der Waals surface area contributed by atoms with Crippen LogP contribution in [0.5, 0.6) is 0 Å². The fraction of sp³-hybridized carbons (Fsp3) is 0.639. The number of Topliss-reactive ketones (excluding diaryl/α,β-unsaturated/α-hetero) is 1. The molecule has 0 aliphatic heterocycles. The second kappa shape index (κ2) is 18.6. The molecule has 2 rings (SSSR count). The van der Waals surface area contributed by atoms with Crippen LogP contribution < -0.4 is 10.4 Å². The summed E-state index contributed by atoms with van der Waals surface area (Å²) in [7, 11) is -2.53. The number of ketones is 1. The van der Waals surface area contributed by atoms with Crippen molar-refractivity contribution >= 4 is 24.5 Å². The highest BCUT2D eigenvalue weighted by Crippen LogP contribution is 2.38. The molecule has 0 saturated carbocycles. The third kappa shape index (κ3) is 11.7. The number of hydrogen-bond donors (Lipinski definition) is 0. The molecule has 0 amide bonds. The molecule has 0 spiro atoms. The van der Waals surface area contributed by atoms with Crippen molar-refractivity contribution in [1.82, 2.24) is 0 Å². The molecule has 2 nitrogen and oxygen atoms in total. The van der Waals surface area contributed by atoms with Crippen molar-refractivity contribution < 1.29 is 9.22 Å². The van der Waals surface area contributed by atoms with E-state index >= 15 is 0 Å². The standard InChI is InChI=1S/C36H58O2Si/c1-6-7-8-9-10-14-19-26-33(27-20-15-12-11-13-18-25-32(2)37)38-39(36(3,4)5,34-28-21-16-22-29-34)35-30-23-17-24-31-35/h16-17,21-24,28-31,33H,6-15,18-20,25-27H2,1-5H3. The van der Waals surface area contributed by atoms with Gasteiger partial charge in [-0.2, -0.15) is 0 Å². The third-order valence-corrected chi connectivity index (χ3v) is 13.3. The summed E-state index contributed by atoms with van der Waals surface area (Å²) in [6, 6.07) is 22.3. The fourth-order valence-electron chi connectivity index (χ4n) is 5.99. The van der Waals surface area contributed by atoms with E-state index in [2.05, 4.69) is 88.4 Å². The quantitative estimate of drug-likeness (QED) is 0.114. The van der Waals surface area contributed by atoms with Crippen LogP contribution in [0.3, 0.4) is 0 Å². The van der Waals surface area contributed by atoms with E-state index in [1.54, 1.807) is 6.92 Å². The van der Waals surface area contributed by atoms with Crippen LogP contribution >= 0.6 is 0 Å². The van der Waals surface area contributed by atoms with Gasteiger partial charge in [-0.15, -0.1) is 0 Å². The molecule has 39 heavy (non-hydrogen) atoms. The minimum absolute atomic E-state index is 0.0187. The lowest BCUT2D eigenvalue weighted by atomic mass is 10.0. The molecule has 0 N–H and O–H groups in total. The third-order valence-electron chi connectivity index (χ3n) is 8.19. The van der Waals surface area contributed by atoms with Crippen molar-refractivity contribution in [2.75, 3.05) is 0 Å². The van der Waals surface area contributed by atoms with Gasteiger partial charge in [0.2, 0.25) is 0 Å². The molecule has 1 unspecified atom stereocenters. The van der Waals surface area contributed by atoms with Crippen LogP contribution in [0, 0.1) is 0 Å². The SMILES string of the molecule is CCCCCCCCCC(CCCCCCCCC(C)=O)O[Si](c1ccccc1)(c1ccccc1)C(C)(C)C. The summed E-state index contributed by atoms with van der Waals surface area (Å²) in [4.78, 5) is 11.2. The van der Waals surface area contributed by atoms with E-state index in [0.717, 1.165) is 25.7 Å². The minimum Gasteiger partial charge on any atom is -0.404 e. The molecule has 3 heteroatoms. The number of hydrogen-bond acceptors (Lipinski definition) is 2. The summed E-state index contributed by atoms with van der Waals surface area (Å²) >= 11 is 0. The van der Waals surface area contributed by atoms with Gasteiger partial charge in [-0.05, 0) is 41.6 Å². The van der Waals surface area contributed by atoms with Crippen molar-refractivity contribution in [3.63, 3.8) is 0 Å². The molecule has 0 fully saturated rings. The van der Waals surface area contributed by atoms with E-state index in [4.69, 9.17) is 4.43 Å². The summed E-state index contributed by atoms with van der Waals surface area (Å²) < 4.78 is 7.59. The smallest absolute Gasteiger partial charge is 0.261 e. The first-order valence-corrected chi connectivity index (χ1v) is 18.0. The Morgan fingerprint density at radius 1 is 0.667 bits per heavy atom. The van der Waals surface area contributed by atoms with Crippen molar-refractivity contribution in [2.45, 2.75) is 148 Å². The lowest BCUT2D eigenvalue weighted by molar-refractivity contribution is -0.117. The maximum absolute atomic E-state index is 11.2. The highest BCUT2D eigenvalue weighted by atomic mass is 28.4. The number of carbonyl (C=O) groups excluding carboxylic acids is 1. The second-order valence-corrected chi connectivity index (χ2v) is 16.9. The first-order chi connectivity index (χ1) is 18.8. The maximum Gasteiger partial charge on any atom is 0.261 e. The van der Waals surface area contributed by atoms with Crippen LogP contribution in [0.4, 0.5) is 0 Å². The normalized spacial score (nSPS) is 12.9. The minimum atomic E-state index is -2.53. The van der Waals surface area contributed by atoms with E-state index in [1.807, 2.05) is 0 Å². The Kier molecular flexibility index (Phi) is 16.0. The molecule has 0 aliphatic carbocycles. The predicted molar refractivity (Wildman–Crippen MR) is 173 cm³/mol. The van der Waals surface area contributed by atoms with E-state index in [0.29, 0.717) is 11.9 Å². The van der Waals surface area contributed by atoms with E-state index < -0.39 is 8.32 Å². The first-order valence-electron chi connectivity index (χ1n) is 16.1. The van der Waals surface area contributed by atoms with Gasteiger partial charge in [0.25, 0.3) is 8.32 Å². The summed E-state index contributed by atoms with van der Waals surface area (Å²) in [6.45, 7) is 11.2. The molecular formula is C36H58O2Si. The van der Waals surface area contributed by atoms with Gasteiger partial charge < -0.3 is 9.22 Å². The maximum atomic E-state index is 11.2. The molecule has 218 valence electrons. The Morgan fingerprint density at radius 3 is 1.49 bits per heavy atom. The van der Waals surface area contributed by atoms with Crippen molar-refractivity contribution in [3.8, 4) is 0 Å². The summed E-state index contributed by atoms with van der Waals surface area (Å²) in [6.07, 6.45) is 19.9. The Morgan fingerprint density at radius 2 is 1.08 bits per heavy atom. The number of benzene rings is 2. The van der Waals surface area contributed by atoms with Crippen LogP contribution in [-0.2, 0) is 9.22 Å². The van der Waals surface area contributed by atoms with Crippen LogP contribution in [0.1, 0.15) is 137 Å². The first kappa shape index (κ1) is 33.5.